The number of rotatable bonds is 6. The molecule has 0 aliphatic carbocycles. The number of amides is 1. The lowest BCUT2D eigenvalue weighted by molar-refractivity contribution is -0.119. The first-order valence-corrected chi connectivity index (χ1v) is 8.89. The van der Waals surface area contributed by atoms with Crippen molar-refractivity contribution in [1.82, 2.24) is 20.2 Å². The number of aromatic nitrogens is 4. The van der Waals surface area contributed by atoms with Crippen LogP contribution < -0.4 is 14.8 Å². The van der Waals surface area contributed by atoms with Gasteiger partial charge in [0, 0.05) is 16.1 Å². The predicted molar refractivity (Wildman–Crippen MR) is 104 cm³/mol. The maximum absolute atomic E-state index is 12.6. The third-order valence-electron chi connectivity index (χ3n) is 3.92. The van der Waals surface area contributed by atoms with Crippen LogP contribution in [0.2, 0.25) is 0 Å². The molecular weight excluding hydrogens is 414 g/mol. The lowest BCUT2D eigenvalue weighted by Crippen LogP contribution is -2.25. The Balaban J connectivity index is 1.77. The van der Waals surface area contributed by atoms with Gasteiger partial charge in [0.15, 0.2) is 0 Å². The molecule has 0 unspecified atom stereocenters. The van der Waals surface area contributed by atoms with E-state index in [-0.39, 0.29) is 5.91 Å². The van der Waals surface area contributed by atoms with E-state index in [2.05, 4.69) is 36.7 Å². The van der Waals surface area contributed by atoms with Gasteiger partial charge in [0.05, 0.1) is 19.9 Å². The zero-order valence-corrected chi connectivity index (χ0v) is 16.6. The molecule has 1 aromatic heterocycles. The van der Waals surface area contributed by atoms with Crippen LogP contribution in [0.1, 0.15) is 13.0 Å². The summed E-state index contributed by atoms with van der Waals surface area (Å²) in [7, 11) is 3.09. The Morgan fingerprint density at radius 2 is 1.89 bits per heavy atom. The molecule has 0 radical (unpaired) electrons. The second kappa shape index (κ2) is 8.17. The number of ether oxygens (including phenoxy) is 2. The van der Waals surface area contributed by atoms with Crippen molar-refractivity contribution in [2.45, 2.75) is 13.0 Å². The van der Waals surface area contributed by atoms with Crippen molar-refractivity contribution in [3.63, 3.8) is 0 Å². The average Bonchev–Trinajstić information content (AvgIpc) is 3.17. The van der Waals surface area contributed by atoms with Gasteiger partial charge in [-0.25, -0.2) is 0 Å². The van der Waals surface area contributed by atoms with E-state index in [0.29, 0.717) is 23.0 Å². The number of benzene rings is 2. The Morgan fingerprint density at radius 1 is 1.15 bits per heavy atom. The molecule has 8 nitrogen and oxygen atoms in total. The Kier molecular flexibility index (Phi) is 5.70. The molecule has 1 N–H and O–H groups in total. The summed E-state index contributed by atoms with van der Waals surface area (Å²) in [6.07, 6.45) is 0. The molecule has 1 amide bonds. The van der Waals surface area contributed by atoms with Gasteiger partial charge >= 0.3 is 0 Å². The van der Waals surface area contributed by atoms with Gasteiger partial charge in [-0.2, -0.15) is 4.80 Å². The number of methoxy groups -OCH3 is 2. The number of hydrogen-bond donors (Lipinski definition) is 1. The highest BCUT2D eigenvalue weighted by molar-refractivity contribution is 9.10. The number of anilines is 1. The zero-order valence-electron chi connectivity index (χ0n) is 15.0. The van der Waals surface area contributed by atoms with Crippen LogP contribution in [-0.4, -0.2) is 40.3 Å². The third-order valence-corrected chi connectivity index (χ3v) is 4.45. The van der Waals surface area contributed by atoms with E-state index < -0.39 is 6.04 Å². The summed E-state index contributed by atoms with van der Waals surface area (Å²) in [5.74, 6) is 1.27. The molecule has 140 valence electrons. The first kappa shape index (κ1) is 18.8. The van der Waals surface area contributed by atoms with E-state index in [0.717, 1.165) is 10.0 Å². The van der Waals surface area contributed by atoms with E-state index in [1.165, 1.54) is 11.9 Å². The van der Waals surface area contributed by atoms with E-state index in [4.69, 9.17) is 9.47 Å². The van der Waals surface area contributed by atoms with Crippen LogP contribution in [0, 0.1) is 0 Å². The van der Waals surface area contributed by atoms with E-state index in [1.54, 1.807) is 32.2 Å². The van der Waals surface area contributed by atoms with Gasteiger partial charge in [-0.15, -0.1) is 10.2 Å². The SMILES string of the molecule is COc1ccc(OC)c(NC(=O)[C@@H](C)n2nnc(-c3ccc(Br)cc3)n2)c1. The summed E-state index contributed by atoms with van der Waals surface area (Å²) in [6, 6.07) is 12.0. The number of halogens is 1. The Morgan fingerprint density at radius 3 is 2.56 bits per heavy atom. The first-order valence-electron chi connectivity index (χ1n) is 8.10. The van der Waals surface area contributed by atoms with Crippen LogP contribution in [0.3, 0.4) is 0 Å². The van der Waals surface area contributed by atoms with Crippen LogP contribution in [0.25, 0.3) is 11.4 Å². The van der Waals surface area contributed by atoms with Crippen molar-refractivity contribution in [1.29, 1.82) is 0 Å². The molecule has 3 rings (SSSR count). The van der Waals surface area contributed by atoms with Crippen molar-refractivity contribution in [2.75, 3.05) is 19.5 Å². The minimum atomic E-state index is -0.669. The largest absolute Gasteiger partial charge is 0.497 e. The first-order chi connectivity index (χ1) is 13.0. The highest BCUT2D eigenvalue weighted by Crippen LogP contribution is 2.29. The number of carbonyl (C=O) groups excluding carboxylic acids is 1. The second-order valence-electron chi connectivity index (χ2n) is 5.67. The maximum atomic E-state index is 12.6. The van der Waals surface area contributed by atoms with E-state index in [9.17, 15) is 4.79 Å². The van der Waals surface area contributed by atoms with Crippen LogP contribution in [-0.2, 0) is 4.79 Å². The molecule has 0 bridgehead atoms. The molecule has 0 saturated heterocycles. The number of carbonyl (C=O) groups is 1. The molecular formula is C18H18BrN5O3. The fraction of sp³-hybridized carbons (Fsp3) is 0.222. The van der Waals surface area contributed by atoms with Gasteiger partial charge in [-0.1, -0.05) is 15.9 Å². The van der Waals surface area contributed by atoms with Gasteiger partial charge in [0.1, 0.15) is 17.5 Å². The number of nitrogens with zero attached hydrogens (tertiary/aromatic N) is 4. The molecule has 1 heterocycles. The molecule has 0 spiro atoms. The van der Waals surface area contributed by atoms with Crippen LogP contribution in [0.15, 0.2) is 46.9 Å². The molecule has 27 heavy (non-hydrogen) atoms. The normalized spacial score (nSPS) is 11.7. The summed E-state index contributed by atoms with van der Waals surface area (Å²) in [6.45, 7) is 1.69. The molecule has 3 aromatic rings. The van der Waals surface area contributed by atoms with Crippen molar-refractivity contribution in [3.05, 3.63) is 46.9 Å². The summed E-state index contributed by atoms with van der Waals surface area (Å²) >= 11 is 3.39. The minimum Gasteiger partial charge on any atom is -0.497 e. The number of nitrogens with one attached hydrogen (secondary N) is 1. The van der Waals surface area contributed by atoms with E-state index >= 15 is 0 Å². The molecule has 9 heteroatoms. The fourth-order valence-corrected chi connectivity index (χ4v) is 2.62. The van der Waals surface area contributed by atoms with Crippen LogP contribution in [0.5, 0.6) is 11.5 Å². The quantitative estimate of drug-likeness (QED) is 0.643. The summed E-state index contributed by atoms with van der Waals surface area (Å²) in [5, 5.41) is 15.2. The fourth-order valence-electron chi connectivity index (χ4n) is 2.36. The van der Waals surface area contributed by atoms with Gasteiger partial charge in [0.25, 0.3) is 5.91 Å². The van der Waals surface area contributed by atoms with Gasteiger partial charge in [-0.05, 0) is 48.5 Å². The number of hydrogen-bond acceptors (Lipinski definition) is 6. The van der Waals surface area contributed by atoms with Crippen LogP contribution in [0.4, 0.5) is 5.69 Å². The van der Waals surface area contributed by atoms with Crippen LogP contribution >= 0.6 is 15.9 Å². The van der Waals surface area contributed by atoms with Gasteiger partial charge in [0.2, 0.25) is 5.82 Å². The van der Waals surface area contributed by atoms with Crippen molar-refractivity contribution < 1.29 is 14.3 Å². The van der Waals surface area contributed by atoms with Crippen molar-refractivity contribution in [2.24, 2.45) is 0 Å². The molecule has 0 aliphatic rings. The maximum Gasteiger partial charge on any atom is 0.250 e. The van der Waals surface area contributed by atoms with Crippen molar-refractivity contribution >= 4 is 27.5 Å². The van der Waals surface area contributed by atoms with Gasteiger partial charge < -0.3 is 14.8 Å². The molecule has 0 aliphatic heterocycles. The Bertz CT molecular complexity index is 942. The Labute approximate surface area is 164 Å². The van der Waals surface area contributed by atoms with E-state index in [1.807, 2.05) is 24.3 Å². The third kappa shape index (κ3) is 4.25. The second-order valence-corrected chi connectivity index (χ2v) is 6.59. The monoisotopic (exact) mass is 431 g/mol. The zero-order chi connectivity index (χ0) is 19.4. The summed E-state index contributed by atoms with van der Waals surface area (Å²) in [5.41, 5.74) is 1.31. The Hall–Kier alpha value is -2.94. The lowest BCUT2D eigenvalue weighted by atomic mass is 10.2. The molecule has 2 aromatic carbocycles. The smallest absolute Gasteiger partial charge is 0.250 e. The highest BCUT2D eigenvalue weighted by atomic mass is 79.9. The topological polar surface area (TPSA) is 91.2 Å². The highest BCUT2D eigenvalue weighted by Gasteiger charge is 2.20. The summed E-state index contributed by atoms with van der Waals surface area (Å²) < 4.78 is 11.4. The standard InChI is InChI=1S/C18H18BrN5O3/c1-11(18(25)20-15-10-14(26-2)8-9-16(15)27-3)24-22-17(21-23-24)12-4-6-13(19)7-5-12/h4-11H,1-3H3,(H,20,25)/t11-/m1/s1. The predicted octanol–water partition coefficient (Wildman–Crippen LogP) is 3.32. The lowest BCUT2D eigenvalue weighted by Gasteiger charge is -2.14. The molecule has 0 saturated carbocycles. The number of tetrazole rings is 1. The minimum absolute atomic E-state index is 0.304. The van der Waals surface area contributed by atoms with Gasteiger partial charge in [-0.3, -0.25) is 4.79 Å². The molecule has 0 fully saturated rings. The summed E-state index contributed by atoms with van der Waals surface area (Å²) in [4.78, 5) is 13.9. The molecule has 1 atom stereocenters. The average molecular weight is 432 g/mol. The van der Waals surface area contributed by atoms with Crippen molar-refractivity contribution in [3.8, 4) is 22.9 Å².